The molecule has 1 saturated heterocycles. The molecular weight excluding hydrogens is 465 g/mol. The SMILES string of the molecule is CC(=O)N1CCN(c2nc(-c3ccccc3CF)nc3c2CN(c2cc(C(C)C)ccc2C)CC3)CC1. The Morgan fingerprint density at radius 1 is 1.00 bits per heavy atom. The Morgan fingerprint density at radius 3 is 2.46 bits per heavy atom. The van der Waals surface area contributed by atoms with Gasteiger partial charge in [0, 0.05) is 69.4 Å². The number of rotatable bonds is 5. The predicted molar refractivity (Wildman–Crippen MR) is 147 cm³/mol. The Balaban J connectivity index is 1.56. The quantitative estimate of drug-likeness (QED) is 0.476. The smallest absolute Gasteiger partial charge is 0.219 e. The second-order valence-electron chi connectivity index (χ2n) is 10.5. The van der Waals surface area contributed by atoms with E-state index in [0.717, 1.165) is 55.2 Å². The number of hydrogen-bond acceptors (Lipinski definition) is 5. The van der Waals surface area contributed by atoms with Gasteiger partial charge in [-0.1, -0.05) is 50.2 Å². The molecular formula is C30H36FN5O. The number of halogens is 1. The number of piperazine rings is 1. The first-order valence-electron chi connectivity index (χ1n) is 13.3. The number of anilines is 2. The third kappa shape index (κ3) is 5.04. The highest BCUT2D eigenvalue weighted by Crippen LogP contribution is 2.35. The number of carbonyl (C=O) groups is 1. The molecule has 7 heteroatoms. The number of hydrogen-bond donors (Lipinski definition) is 0. The standard InChI is InChI=1S/C30H36FN5O/c1-20(2)23-10-9-21(3)28(17-23)36-12-11-27-26(19-36)30(35-15-13-34(14-16-35)22(4)37)33-29(32-27)25-8-6-5-7-24(25)18-31/h5-10,17,20H,11-16,18-19H2,1-4H3. The molecule has 194 valence electrons. The molecule has 0 atom stereocenters. The fourth-order valence-corrected chi connectivity index (χ4v) is 5.40. The molecule has 0 radical (unpaired) electrons. The summed E-state index contributed by atoms with van der Waals surface area (Å²) >= 11 is 0. The van der Waals surface area contributed by atoms with E-state index in [1.807, 2.05) is 23.1 Å². The van der Waals surface area contributed by atoms with Crippen LogP contribution in [0.4, 0.5) is 15.9 Å². The number of benzene rings is 2. The first kappa shape index (κ1) is 25.2. The molecule has 0 unspecified atom stereocenters. The van der Waals surface area contributed by atoms with E-state index in [0.29, 0.717) is 30.4 Å². The van der Waals surface area contributed by atoms with Crippen molar-refractivity contribution in [3.8, 4) is 11.4 Å². The zero-order chi connectivity index (χ0) is 26.1. The molecule has 6 nitrogen and oxygen atoms in total. The Bertz CT molecular complexity index is 1300. The third-order valence-electron chi connectivity index (χ3n) is 7.71. The summed E-state index contributed by atoms with van der Waals surface area (Å²) in [6.07, 6.45) is 0.800. The summed E-state index contributed by atoms with van der Waals surface area (Å²) < 4.78 is 13.8. The number of aromatic nitrogens is 2. The Kier molecular flexibility index (Phi) is 7.13. The minimum Gasteiger partial charge on any atom is -0.366 e. The van der Waals surface area contributed by atoms with Crippen molar-refractivity contribution in [2.75, 3.05) is 42.5 Å². The highest BCUT2D eigenvalue weighted by Gasteiger charge is 2.29. The molecule has 2 aromatic carbocycles. The largest absolute Gasteiger partial charge is 0.366 e. The molecule has 2 aliphatic rings. The third-order valence-corrected chi connectivity index (χ3v) is 7.71. The monoisotopic (exact) mass is 501 g/mol. The molecule has 3 heterocycles. The summed E-state index contributed by atoms with van der Waals surface area (Å²) in [5.74, 6) is 2.07. The predicted octanol–water partition coefficient (Wildman–Crippen LogP) is 5.28. The molecule has 1 fully saturated rings. The summed E-state index contributed by atoms with van der Waals surface area (Å²) in [4.78, 5) is 28.6. The lowest BCUT2D eigenvalue weighted by Crippen LogP contribution is -2.49. The van der Waals surface area contributed by atoms with Crippen molar-refractivity contribution in [3.05, 3.63) is 70.4 Å². The van der Waals surface area contributed by atoms with Crippen LogP contribution in [0.1, 0.15) is 54.6 Å². The van der Waals surface area contributed by atoms with E-state index < -0.39 is 6.67 Å². The summed E-state index contributed by atoms with van der Waals surface area (Å²) in [6.45, 7) is 12.1. The number of fused-ring (bicyclic) bond motifs is 1. The van der Waals surface area contributed by atoms with Crippen molar-refractivity contribution in [1.82, 2.24) is 14.9 Å². The number of amides is 1. The van der Waals surface area contributed by atoms with Crippen LogP contribution in [0, 0.1) is 6.92 Å². The van der Waals surface area contributed by atoms with E-state index in [4.69, 9.17) is 9.97 Å². The van der Waals surface area contributed by atoms with Gasteiger partial charge in [-0.25, -0.2) is 14.4 Å². The molecule has 1 amide bonds. The molecule has 0 saturated carbocycles. The first-order chi connectivity index (χ1) is 17.9. The van der Waals surface area contributed by atoms with Crippen molar-refractivity contribution in [2.24, 2.45) is 0 Å². The average molecular weight is 502 g/mol. The summed E-state index contributed by atoms with van der Waals surface area (Å²) in [5.41, 5.74) is 7.39. The maximum Gasteiger partial charge on any atom is 0.219 e. The van der Waals surface area contributed by atoms with Gasteiger partial charge in [0.2, 0.25) is 5.91 Å². The molecule has 1 aromatic heterocycles. The summed E-state index contributed by atoms with van der Waals surface area (Å²) in [7, 11) is 0. The van der Waals surface area contributed by atoms with E-state index in [1.165, 1.54) is 16.8 Å². The summed E-state index contributed by atoms with van der Waals surface area (Å²) in [5, 5.41) is 0. The van der Waals surface area contributed by atoms with E-state index in [2.05, 4.69) is 48.8 Å². The second-order valence-corrected chi connectivity index (χ2v) is 10.5. The molecule has 0 aliphatic carbocycles. The van der Waals surface area contributed by atoms with Gasteiger partial charge in [-0.2, -0.15) is 0 Å². The lowest BCUT2D eigenvalue weighted by molar-refractivity contribution is -0.129. The van der Waals surface area contributed by atoms with Crippen LogP contribution in [0.2, 0.25) is 0 Å². The molecule has 0 bridgehead atoms. The fourth-order valence-electron chi connectivity index (χ4n) is 5.40. The molecule has 37 heavy (non-hydrogen) atoms. The topological polar surface area (TPSA) is 52.6 Å². The van der Waals surface area contributed by atoms with Crippen molar-refractivity contribution in [2.45, 2.75) is 53.3 Å². The van der Waals surface area contributed by atoms with Crippen LogP contribution >= 0.6 is 0 Å². The maximum atomic E-state index is 13.8. The number of nitrogens with zero attached hydrogens (tertiary/aromatic N) is 5. The Labute approximate surface area is 219 Å². The summed E-state index contributed by atoms with van der Waals surface area (Å²) in [6, 6.07) is 14.2. The zero-order valence-corrected chi connectivity index (χ0v) is 22.3. The molecule has 0 spiro atoms. The van der Waals surface area contributed by atoms with Crippen LogP contribution in [-0.4, -0.2) is 53.5 Å². The first-order valence-corrected chi connectivity index (χ1v) is 13.3. The van der Waals surface area contributed by atoms with Crippen molar-refractivity contribution in [3.63, 3.8) is 0 Å². The van der Waals surface area contributed by atoms with Crippen LogP contribution in [0.3, 0.4) is 0 Å². The highest BCUT2D eigenvalue weighted by molar-refractivity contribution is 5.74. The Hall–Kier alpha value is -3.48. The number of aryl methyl sites for hydroxylation is 1. The maximum absolute atomic E-state index is 13.8. The van der Waals surface area contributed by atoms with E-state index in [-0.39, 0.29) is 5.91 Å². The number of carbonyl (C=O) groups excluding carboxylic acids is 1. The van der Waals surface area contributed by atoms with E-state index >= 15 is 0 Å². The van der Waals surface area contributed by atoms with Gasteiger partial charge in [0.05, 0.1) is 5.69 Å². The van der Waals surface area contributed by atoms with Gasteiger partial charge < -0.3 is 14.7 Å². The van der Waals surface area contributed by atoms with Crippen LogP contribution < -0.4 is 9.80 Å². The zero-order valence-electron chi connectivity index (χ0n) is 22.3. The van der Waals surface area contributed by atoms with Crippen LogP contribution in [-0.2, 0) is 24.4 Å². The second kappa shape index (κ2) is 10.5. The van der Waals surface area contributed by atoms with Crippen molar-refractivity contribution in [1.29, 1.82) is 0 Å². The molecule has 2 aliphatic heterocycles. The van der Waals surface area contributed by atoms with Crippen molar-refractivity contribution >= 4 is 17.4 Å². The van der Waals surface area contributed by atoms with Gasteiger partial charge in [0.1, 0.15) is 12.5 Å². The average Bonchev–Trinajstić information content (AvgIpc) is 2.92. The Morgan fingerprint density at radius 2 is 1.76 bits per heavy atom. The van der Waals surface area contributed by atoms with Gasteiger partial charge in [-0.3, -0.25) is 4.79 Å². The van der Waals surface area contributed by atoms with Crippen LogP contribution in [0.15, 0.2) is 42.5 Å². The van der Waals surface area contributed by atoms with Crippen molar-refractivity contribution < 1.29 is 9.18 Å². The van der Waals surface area contributed by atoms with Crippen LogP contribution in [0.5, 0.6) is 0 Å². The lowest BCUT2D eigenvalue weighted by atomic mass is 9.98. The number of alkyl halides is 1. The van der Waals surface area contributed by atoms with Gasteiger partial charge in [0.25, 0.3) is 0 Å². The molecule has 5 rings (SSSR count). The van der Waals surface area contributed by atoms with Crippen LogP contribution in [0.25, 0.3) is 11.4 Å². The van der Waals surface area contributed by atoms with Gasteiger partial charge in [0.15, 0.2) is 5.82 Å². The lowest BCUT2D eigenvalue weighted by Gasteiger charge is -2.38. The highest BCUT2D eigenvalue weighted by atomic mass is 19.1. The van der Waals surface area contributed by atoms with Gasteiger partial charge in [-0.15, -0.1) is 0 Å². The fraction of sp³-hybridized carbons (Fsp3) is 0.433. The minimum absolute atomic E-state index is 0.105. The van der Waals surface area contributed by atoms with Gasteiger partial charge in [-0.05, 0) is 35.6 Å². The van der Waals surface area contributed by atoms with E-state index in [1.54, 1.807) is 13.0 Å². The normalized spacial score (nSPS) is 15.8. The molecule has 3 aromatic rings. The molecule has 0 N–H and O–H groups in total. The van der Waals surface area contributed by atoms with Gasteiger partial charge >= 0.3 is 0 Å². The minimum atomic E-state index is -0.553. The van der Waals surface area contributed by atoms with E-state index in [9.17, 15) is 9.18 Å².